The van der Waals surface area contributed by atoms with E-state index in [1.807, 2.05) is 30.3 Å². The van der Waals surface area contributed by atoms with Crippen LogP contribution in [0.4, 0.5) is 0 Å². The molecule has 1 aromatic carbocycles. The number of rotatable bonds is 5. The quantitative estimate of drug-likeness (QED) is 0.483. The lowest BCUT2D eigenvalue weighted by atomic mass is 10.0. The highest BCUT2D eigenvalue weighted by Crippen LogP contribution is 2.41. The lowest BCUT2D eigenvalue weighted by molar-refractivity contribution is -0.148. The number of nitrogens with zero attached hydrogens (tertiary/aromatic N) is 2. The number of carboxylic acid groups (broad SMARTS) is 1. The Morgan fingerprint density at radius 3 is 2.76 bits per heavy atom. The van der Waals surface area contributed by atoms with E-state index in [4.69, 9.17) is 4.74 Å². The number of ether oxygens (including phenoxy) is 1. The first-order valence-electron chi connectivity index (χ1n) is 7.60. The Balaban J connectivity index is 1.78. The van der Waals surface area contributed by atoms with Crippen LogP contribution in [0.5, 0.6) is 0 Å². The summed E-state index contributed by atoms with van der Waals surface area (Å²) >= 11 is 1.42. The first kappa shape index (κ1) is 17.2. The number of hydrogen-bond acceptors (Lipinski definition) is 6. The lowest BCUT2D eigenvalue weighted by Crippen LogP contribution is -2.64. The van der Waals surface area contributed by atoms with Crippen molar-refractivity contribution in [1.82, 2.24) is 4.90 Å². The molecule has 0 spiro atoms. The second-order valence-corrected chi connectivity index (χ2v) is 6.69. The van der Waals surface area contributed by atoms with Crippen LogP contribution in [0.25, 0.3) is 0 Å². The number of carbonyl (C=O) groups excluding carboxylic acids is 2. The molecule has 2 aliphatic rings. The van der Waals surface area contributed by atoms with Gasteiger partial charge in [0, 0.05) is 24.5 Å². The van der Waals surface area contributed by atoms with Gasteiger partial charge in [-0.2, -0.15) is 0 Å². The molecule has 1 aromatic rings. The van der Waals surface area contributed by atoms with Gasteiger partial charge in [0.1, 0.15) is 17.7 Å². The predicted octanol–water partition coefficient (Wildman–Crippen LogP) is 1.29. The molecule has 1 saturated heterocycles. The van der Waals surface area contributed by atoms with Crippen LogP contribution in [-0.4, -0.2) is 57.8 Å². The zero-order valence-electron chi connectivity index (χ0n) is 13.4. The Morgan fingerprint density at radius 2 is 2.12 bits per heavy atom. The number of aliphatic carboxylic acids is 1. The maximum absolute atomic E-state index is 12.4. The summed E-state index contributed by atoms with van der Waals surface area (Å²) in [5.41, 5.74) is 1.20. The molecule has 25 heavy (non-hydrogen) atoms. The van der Waals surface area contributed by atoms with Gasteiger partial charge in [0.25, 0.3) is 5.91 Å². The van der Waals surface area contributed by atoms with Crippen molar-refractivity contribution in [2.45, 2.75) is 18.3 Å². The summed E-state index contributed by atoms with van der Waals surface area (Å²) in [6.07, 6.45) is 1.62. The van der Waals surface area contributed by atoms with Crippen molar-refractivity contribution >= 4 is 35.8 Å². The molecule has 2 unspecified atom stereocenters. The highest BCUT2D eigenvalue weighted by atomic mass is 32.2. The normalized spacial score (nSPS) is 22.6. The van der Waals surface area contributed by atoms with Gasteiger partial charge < -0.3 is 9.84 Å². The molecular weight excluding hydrogens is 344 g/mol. The summed E-state index contributed by atoms with van der Waals surface area (Å²) in [7, 11) is 0. The molecule has 2 atom stereocenters. The number of carboxylic acids is 1. The van der Waals surface area contributed by atoms with Crippen molar-refractivity contribution < 1.29 is 24.2 Å². The van der Waals surface area contributed by atoms with Crippen molar-refractivity contribution in [3.63, 3.8) is 0 Å². The smallest absolute Gasteiger partial charge is 0.352 e. The van der Waals surface area contributed by atoms with Crippen LogP contribution in [0, 0.1) is 0 Å². The predicted molar refractivity (Wildman–Crippen MR) is 92.2 cm³/mol. The molecule has 0 saturated carbocycles. The monoisotopic (exact) mass is 360 g/mol. The summed E-state index contributed by atoms with van der Waals surface area (Å²) in [6.45, 7) is 1.13. The first-order chi connectivity index (χ1) is 12.0. The van der Waals surface area contributed by atoms with E-state index in [0.717, 1.165) is 5.56 Å². The number of esters is 1. The standard InChI is InChI=1S/C17H16N2O5S/c1-10(20)24-8-12-9-25-16-13(15(21)19(16)14(12)17(22)23)18-7-11-5-3-2-4-6-11/h2-7,13,16H,8-9H2,1H3,(H,22,23). The number of amides is 1. The molecule has 1 N–H and O–H groups in total. The van der Waals surface area contributed by atoms with Crippen LogP contribution in [-0.2, 0) is 19.1 Å². The second kappa shape index (κ2) is 7.10. The topological polar surface area (TPSA) is 96.3 Å². The minimum Gasteiger partial charge on any atom is -0.477 e. The number of β-lactam (4-membered cyclic amide) rings is 1. The van der Waals surface area contributed by atoms with E-state index in [1.165, 1.54) is 23.6 Å². The SMILES string of the molecule is CC(=O)OCC1=C(C(=O)O)N2C(=O)C(N=Cc3ccccc3)C2SC1. The van der Waals surface area contributed by atoms with E-state index in [9.17, 15) is 19.5 Å². The maximum Gasteiger partial charge on any atom is 0.352 e. The lowest BCUT2D eigenvalue weighted by Gasteiger charge is -2.47. The number of aliphatic imine (C=N–C) groups is 1. The third kappa shape index (κ3) is 3.43. The van der Waals surface area contributed by atoms with E-state index >= 15 is 0 Å². The van der Waals surface area contributed by atoms with Crippen molar-refractivity contribution in [1.29, 1.82) is 0 Å². The molecule has 7 nitrogen and oxygen atoms in total. The van der Waals surface area contributed by atoms with Gasteiger partial charge in [-0.3, -0.25) is 19.5 Å². The molecule has 130 valence electrons. The number of fused-ring (bicyclic) bond motifs is 1. The average molecular weight is 360 g/mol. The van der Waals surface area contributed by atoms with Crippen molar-refractivity contribution in [3.8, 4) is 0 Å². The van der Waals surface area contributed by atoms with Gasteiger partial charge in [0.05, 0.1) is 0 Å². The number of hydrogen-bond donors (Lipinski definition) is 1. The van der Waals surface area contributed by atoms with Crippen molar-refractivity contribution in [3.05, 3.63) is 47.2 Å². The Bertz CT molecular complexity index is 775. The molecule has 1 fully saturated rings. The van der Waals surface area contributed by atoms with Gasteiger partial charge in [0.15, 0.2) is 6.04 Å². The molecule has 8 heteroatoms. The molecule has 2 aliphatic heterocycles. The maximum atomic E-state index is 12.4. The summed E-state index contributed by atoms with van der Waals surface area (Å²) < 4.78 is 4.90. The number of thioether (sulfide) groups is 1. The van der Waals surface area contributed by atoms with Crippen LogP contribution in [0.2, 0.25) is 0 Å². The highest BCUT2D eigenvalue weighted by molar-refractivity contribution is 8.00. The van der Waals surface area contributed by atoms with E-state index < -0.39 is 18.0 Å². The van der Waals surface area contributed by atoms with Gasteiger partial charge in [0.2, 0.25) is 0 Å². The zero-order chi connectivity index (χ0) is 18.0. The van der Waals surface area contributed by atoms with Crippen LogP contribution >= 0.6 is 11.8 Å². The third-order valence-corrected chi connectivity index (χ3v) is 5.18. The third-order valence-electron chi connectivity index (χ3n) is 3.86. The highest BCUT2D eigenvalue weighted by Gasteiger charge is 2.53. The molecule has 1 amide bonds. The fourth-order valence-electron chi connectivity index (χ4n) is 2.67. The van der Waals surface area contributed by atoms with E-state index in [1.54, 1.807) is 6.21 Å². The van der Waals surface area contributed by atoms with Gasteiger partial charge in [-0.1, -0.05) is 30.3 Å². The van der Waals surface area contributed by atoms with Crippen LogP contribution in [0.1, 0.15) is 12.5 Å². The second-order valence-electron chi connectivity index (χ2n) is 5.58. The molecule has 2 heterocycles. The van der Waals surface area contributed by atoms with Gasteiger partial charge in [-0.25, -0.2) is 4.79 Å². The minimum atomic E-state index is -1.20. The average Bonchev–Trinajstić information content (AvgIpc) is 2.60. The Labute approximate surface area is 148 Å². The molecule has 3 rings (SSSR count). The number of carbonyl (C=O) groups is 3. The summed E-state index contributed by atoms with van der Waals surface area (Å²) in [5.74, 6) is -1.68. The number of benzene rings is 1. The Kier molecular flexibility index (Phi) is 4.89. The first-order valence-corrected chi connectivity index (χ1v) is 8.65. The van der Waals surface area contributed by atoms with Crippen LogP contribution in [0.15, 0.2) is 46.6 Å². The van der Waals surface area contributed by atoms with Crippen molar-refractivity contribution in [2.24, 2.45) is 4.99 Å². The fourth-order valence-corrected chi connectivity index (χ4v) is 3.99. The molecule has 0 bridgehead atoms. The van der Waals surface area contributed by atoms with E-state index in [2.05, 4.69) is 4.99 Å². The van der Waals surface area contributed by atoms with Gasteiger partial charge in [-0.05, 0) is 5.56 Å². The molecule has 0 radical (unpaired) electrons. The molecule has 0 aromatic heterocycles. The van der Waals surface area contributed by atoms with Crippen LogP contribution < -0.4 is 0 Å². The zero-order valence-corrected chi connectivity index (χ0v) is 14.2. The Morgan fingerprint density at radius 1 is 1.40 bits per heavy atom. The minimum absolute atomic E-state index is 0.0961. The van der Waals surface area contributed by atoms with Crippen LogP contribution in [0.3, 0.4) is 0 Å². The van der Waals surface area contributed by atoms with Gasteiger partial charge in [-0.15, -0.1) is 11.8 Å². The molecular formula is C17H16N2O5S. The van der Waals surface area contributed by atoms with E-state index in [-0.39, 0.29) is 23.6 Å². The Hall–Kier alpha value is -2.61. The summed E-state index contributed by atoms with van der Waals surface area (Å²) in [5, 5.41) is 9.12. The van der Waals surface area contributed by atoms with Crippen molar-refractivity contribution in [2.75, 3.05) is 12.4 Å². The summed E-state index contributed by atoms with van der Waals surface area (Å²) in [4.78, 5) is 40.5. The largest absolute Gasteiger partial charge is 0.477 e. The fraction of sp³-hybridized carbons (Fsp3) is 0.294. The summed E-state index contributed by atoms with van der Waals surface area (Å²) in [6, 6.07) is 8.78. The van der Waals surface area contributed by atoms with E-state index in [0.29, 0.717) is 11.3 Å². The molecule has 0 aliphatic carbocycles. The van der Waals surface area contributed by atoms with Gasteiger partial charge >= 0.3 is 11.9 Å².